The van der Waals surface area contributed by atoms with E-state index in [2.05, 4.69) is 4.74 Å². The van der Waals surface area contributed by atoms with Gasteiger partial charge in [-0.3, -0.25) is 4.79 Å². The normalized spacial score (nSPS) is 10.1. The van der Waals surface area contributed by atoms with Gasteiger partial charge in [-0.05, 0) is 37.0 Å². The lowest BCUT2D eigenvalue weighted by atomic mass is 10.1. The predicted octanol–water partition coefficient (Wildman–Crippen LogP) is 3.10. The molecule has 0 aliphatic heterocycles. The van der Waals surface area contributed by atoms with Gasteiger partial charge in [0, 0.05) is 6.42 Å². The number of methoxy groups -OCH3 is 1. The summed E-state index contributed by atoms with van der Waals surface area (Å²) in [6.07, 6.45) is 4.10. The van der Waals surface area contributed by atoms with Crippen LogP contribution in [0, 0.1) is 5.82 Å². The molecule has 0 N–H and O–H groups in total. The lowest BCUT2D eigenvalue weighted by molar-refractivity contribution is -0.140. The Morgan fingerprint density at radius 2 is 2.12 bits per heavy atom. The molecule has 0 aliphatic rings. The van der Waals surface area contributed by atoms with Gasteiger partial charge >= 0.3 is 5.97 Å². The van der Waals surface area contributed by atoms with Crippen molar-refractivity contribution in [1.29, 1.82) is 0 Å². The molecule has 0 radical (unpaired) electrons. The molecule has 88 valence electrons. The maximum atomic E-state index is 12.8. The third kappa shape index (κ3) is 4.91. The Morgan fingerprint density at radius 3 is 2.81 bits per heavy atom. The van der Waals surface area contributed by atoms with Crippen LogP contribution >= 0.6 is 0 Å². The fourth-order valence-corrected chi connectivity index (χ4v) is 1.57. The van der Waals surface area contributed by atoms with Gasteiger partial charge in [-0.25, -0.2) is 4.39 Å². The summed E-state index contributed by atoms with van der Waals surface area (Å²) in [5, 5.41) is 0. The molecule has 0 unspecified atom stereocenters. The number of aryl methyl sites for hydroxylation is 1. The second-order valence-corrected chi connectivity index (χ2v) is 3.77. The van der Waals surface area contributed by atoms with Gasteiger partial charge in [0.15, 0.2) is 0 Å². The number of hydrogen-bond acceptors (Lipinski definition) is 2. The fourth-order valence-electron chi connectivity index (χ4n) is 1.57. The number of rotatable bonds is 6. The molecule has 0 bridgehead atoms. The first-order valence-corrected chi connectivity index (χ1v) is 5.53. The third-order valence-corrected chi connectivity index (χ3v) is 2.46. The first kappa shape index (κ1) is 12.7. The number of unbranched alkanes of at least 4 members (excludes halogenated alkanes) is 2. The van der Waals surface area contributed by atoms with Crippen molar-refractivity contribution in [3.63, 3.8) is 0 Å². The van der Waals surface area contributed by atoms with Crippen molar-refractivity contribution < 1.29 is 13.9 Å². The average Bonchev–Trinajstić information content (AvgIpc) is 2.28. The molecule has 0 amide bonds. The fraction of sp³-hybridized carbons (Fsp3) is 0.462. The molecule has 1 rings (SSSR count). The van der Waals surface area contributed by atoms with Crippen molar-refractivity contribution in [1.82, 2.24) is 0 Å². The molecule has 1 aromatic rings. The average molecular weight is 224 g/mol. The smallest absolute Gasteiger partial charge is 0.305 e. The summed E-state index contributed by atoms with van der Waals surface area (Å²) in [5.74, 6) is -0.349. The molecule has 16 heavy (non-hydrogen) atoms. The Bertz CT molecular complexity index is 336. The number of benzene rings is 1. The Kier molecular flexibility index (Phi) is 5.54. The van der Waals surface area contributed by atoms with E-state index in [1.165, 1.54) is 13.2 Å². The molecule has 3 heteroatoms. The monoisotopic (exact) mass is 224 g/mol. The minimum atomic E-state index is -0.188. The second-order valence-electron chi connectivity index (χ2n) is 3.77. The first-order valence-electron chi connectivity index (χ1n) is 5.53. The van der Waals surface area contributed by atoms with Gasteiger partial charge in [0.1, 0.15) is 5.82 Å². The van der Waals surface area contributed by atoms with Crippen LogP contribution in [-0.2, 0) is 16.0 Å². The summed E-state index contributed by atoms with van der Waals surface area (Å²) in [5.41, 5.74) is 1.01. The van der Waals surface area contributed by atoms with E-state index in [-0.39, 0.29) is 11.8 Å². The maximum Gasteiger partial charge on any atom is 0.305 e. The molecule has 0 fully saturated rings. The molecular formula is C13H17FO2. The molecule has 0 saturated heterocycles. The zero-order valence-corrected chi connectivity index (χ0v) is 9.54. The van der Waals surface area contributed by atoms with E-state index < -0.39 is 0 Å². The van der Waals surface area contributed by atoms with Gasteiger partial charge in [-0.15, -0.1) is 0 Å². The van der Waals surface area contributed by atoms with Crippen molar-refractivity contribution in [3.05, 3.63) is 35.6 Å². The Balaban J connectivity index is 2.14. The molecule has 0 atom stereocenters. The molecule has 1 aromatic carbocycles. The zero-order valence-electron chi connectivity index (χ0n) is 9.54. The molecular weight excluding hydrogens is 207 g/mol. The maximum absolute atomic E-state index is 12.8. The highest BCUT2D eigenvalue weighted by atomic mass is 19.1. The van der Waals surface area contributed by atoms with Crippen LogP contribution in [0.25, 0.3) is 0 Å². The van der Waals surface area contributed by atoms with Gasteiger partial charge in [0.2, 0.25) is 0 Å². The van der Waals surface area contributed by atoms with Crippen LogP contribution in [0.15, 0.2) is 24.3 Å². The van der Waals surface area contributed by atoms with Crippen molar-refractivity contribution in [2.24, 2.45) is 0 Å². The highest BCUT2D eigenvalue weighted by Gasteiger charge is 2.00. The van der Waals surface area contributed by atoms with E-state index in [9.17, 15) is 9.18 Å². The van der Waals surface area contributed by atoms with E-state index in [4.69, 9.17) is 0 Å². The topological polar surface area (TPSA) is 26.3 Å². The highest BCUT2D eigenvalue weighted by Crippen LogP contribution is 2.09. The summed E-state index contributed by atoms with van der Waals surface area (Å²) >= 11 is 0. The number of hydrogen-bond donors (Lipinski definition) is 0. The van der Waals surface area contributed by atoms with Crippen LogP contribution < -0.4 is 0 Å². The summed E-state index contributed by atoms with van der Waals surface area (Å²) in [6.45, 7) is 0. The molecule has 0 heterocycles. The third-order valence-electron chi connectivity index (χ3n) is 2.46. The lowest BCUT2D eigenvalue weighted by Gasteiger charge is -2.01. The predicted molar refractivity (Wildman–Crippen MR) is 60.6 cm³/mol. The van der Waals surface area contributed by atoms with Crippen LogP contribution in [0.2, 0.25) is 0 Å². The van der Waals surface area contributed by atoms with Crippen LogP contribution in [0.3, 0.4) is 0 Å². The van der Waals surface area contributed by atoms with E-state index in [1.54, 1.807) is 12.1 Å². The van der Waals surface area contributed by atoms with Gasteiger partial charge in [-0.1, -0.05) is 18.6 Å². The summed E-state index contributed by atoms with van der Waals surface area (Å²) in [7, 11) is 1.40. The number of carbonyl (C=O) groups excluding carboxylic acids is 1. The van der Waals surface area contributed by atoms with Crippen molar-refractivity contribution in [2.75, 3.05) is 7.11 Å². The summed E-state index contributed by atoms with van der Waals surface area (Å²) in [4.78, 5) is 10.8. The number of carbonyl (C=O) groups is 1. The van der Waals surface area contributed by atoms with Gasteiger partial charge < -0.3 is 4.74 Å². The standard InChI is InChI=1S/C13H17FO2/c1-16-13(15)9-4-2-3-6-11-7-5-8-12(14)10-11/h5,7-8,10H,2-4,6,9H2,1H3. The van der Waals surface area contributed by atoms with E-state index >= 15 is 0 Å². The SMILES string of the molecule is COC(=O)CCCCCc1cccc(F)c1. The first-order chi connectivity index (χ1) is 7.72. The lowest BCUT2D eigenvalue weighted by Crippen LogP contribution is -1.99. The zero-order chi connectivity index (χ0) is 11.8. The van der Waals surface area contributed by atoms with Gasteiger partial charge in [0.05, 0.1) is 7.11 Å². The van der Waals surface area contributed by atoms with Crippen molar-refractivity contribution in [2.45, 2.75) is 32.1 Å². The largest absolute Gasteiger partial charge is 0.469 e. The quantitative estimate of drug-likeness (QED) is 0.548. The molecule has 0 aromatic heterocycles. The van der Waals surface area contributed by atoms with E-state index in [1.807, 2.05) is 6.07 Å². The van der Waals surface area contributed by atoms with Crippen LogP contribution in [0.5, 0.6) is 0 Å². The van der Waals surface area contributed by atoms with Gasteiger partial charge in [-0.2, -0.15) is 0 Å². The number of halogens is 1. The minimum absolute atomic E-state index is 0.161. The molecule has 0 saturated carbocycles. The van der Waals surface area contributed by atoms with E-state index in [0.29, 0.717) is 6.42 Å². The van der Waals surface area contributed by atoms with Crippen LogP contribution in [0.1, 0.15) is 31.2 Å². The molecule has 2 nitrogen and oxygen atoms in total. The van der Waals surface area contributed by atoms with E-state index in [0.717, 1.165) is 31.2 Å². The molecule has 0 spiro atoms. The summed E-state index contributed by atoms with van der Waals surface area (Å²) < 4.78 is 17.4. The van der Waals surface area contributed by atoms with Crippen molar-refractivity contribution >= 4 is 5.97 Å². The minimum Gasteiger partial charge on any atom is -0.469 e. The Hall–Kier alpha value is -1.38. The number of ether oxygens (including phenoxy) is 1. The van der Waals surface area contributed by atoms with Crippen LogP contribution in [0.4, 0.5) is 4.39 Å². The Morgan fingerprint density at radius 1 is 1.31 bits per heavy atom. The number of esters is 1. The second kappa shape index (κ2) is 6.99. The summed E-state index contributed by atoms with van der Waals surface area (Å²) in [6, 6.07) is 6.64. The van der Waals surface area contributed by atoms with Crippen molar-refractivity contribution in [3.8, 4) is 0 Å². The highest BCUT2D eigenvalue weighted by molar-refractivity contribution is 5.68. The van der Waals surface area contributed by atoms with Crippen LogP contribution in [-0.4, -0.2) is 13.1 Å². The molecule has 0 aliphatic carbocycles. The Labute approximate surface area is 95.4 Å². The van der Waals surface area contributed by atoms with Gasteiger partial charge in [0.25, 0.3) is 0 Å².